The predicted octanol–water partition coefficient (Wildman–Crippen LogP) is 5.81. The quantitative estimate of drug-likeness (QED) is 0.205. The number of esters is 1. The molecule has 7 atom stereocenters. The van der Waals surface area contributed by atoms with Gasteiger partial charge in [0.05, 0.1) is 29.7 Å². The van der Waals surface area contributed by atoms with Crippen molar-refractivity contribution >= 4 is 46.6 Å². The zero-order valence-corrected chi connectivity index (χ0v) is 29.8. The van der Waals surface area contributed by atoms with Gasteiger partial charge in [-0.25, -0.2) is 4.79 Å². The van der Waals surface area contributed by atoms with Gasteiger partial charge in [-0.2, -0.15) is 0 Å². The molecule has 5 rings (SSSR count). The largest absolute Gasteiger partial charge is 0.462 e. The van der Waals surface area contributed by atoms with Crippen LogP contribution in [-0.4, -0.2) is 72.9 Å². The summed E-state index contributed by atoms with van der Waals surface area (Å²) < 4.78 is 23.7. The lowest BCUT2D eigenvalue weighted by molar-refractivity contribution is -0.187. The fraction of sp³-hybridized carbons (Fsp3) is 0.486. The van der Waals surface area contributed by atoms with Crippen molar-refractivity contribution in [2.75, 3.05) is 30.1 Å². The van der Waals surface area contributed by atoms with Crippen molar-refractivity contribution in [3.05, 3.63) is 75.8 Å². The first-order valence-electron chi connectivity index (χ1n) is 16.4. The minimum Gasteiger partial charge on any atom is -0.462 e. The number of rotatable bonds is 3. The van der Waals surface area contributed by atoms with E-state index in [-0.39, 0.29) is 25.2 Å². The molecule has 264 valence electrons. The first-order valence-corrected chi connectivity index (χ1v) is 16.8. The van der Waals surface area contributed by atoms with E-state index in [4.69, 9.17) is 36.3 Å². The third-order valence-corrected chi connectivity index (χ3v) is 10.6. The molecule has 4 N–H and O–H groups in total. The van der Waals surface area contributed by atoms with Crippen molar-refractivity contribution in [2.45, 2.75) is 95.9 Å². The van der Waals surface area contributed by atoms with Crippen molar-refractivity contribution in [1.29, 1.82) is 0 Å². The number of epoxide rings is 1. The number of fused-ring (bicyclic) bond motifs is 5. The Balaban J connectivity index is 1.53. The molecule has 0 spiro atoms. The van der Waals surface area contributed by atoms with Crippen LogP contribution in [0.15, 0.2) is 54.1 Å². The molecule has 4 bridgehead atoms. The van der Waals surface area contributed by atoms with Crippen molar-refractivity contribution in [3.63, 3.8) is 0 Å². The Hall–Kier alpha value is -3.90. The smallest absolute Gasteiger partial charge is 0.412 e. The molecule has 2 aromatic carbocycles. The Kier molecular flexibility index (Phi) is 10.5. The van der Waals surface area contributed by atoms with Crippen LogP contribution in [0.4, 0.5) is 21.9 Å². The second kappa shape index (κ2) is 14.1. The molecular formula is C37H46ClN3O8. The number of methoxy groups -OCH3 is 1. The van der Waals surface area contributed by atoms with Gasteiger partial charge in [-0.15, -0.1) is 0 Å². The number of ether oxygens (including phenoxy) is 4. The average molecular weight is 696 g/mol. The summed E-state index contributed by atoms with van der Waals surface area (Å²) in [6.07, 6.45) is 1.69. The van der Waals surface area contributed by atoms with Crippen LogP contribution in [0.25, 0.3) is 0 Å². The zero-order chi connectivity index (χ0) is 35.8. The van der Waals surface area contributed by atoms with Gasteiger partial charge >= 0.3 is 12.1 Å². The summed E-state index contributed by atoms with van der Waals surface area (Å²) >= 11 is 6.75. The Bertz CT molecular complexity index is 1690. The standard InChI is InChI=1S/C37H46ClN3O8/c1-20-10-8-13-29(46-7)37(45)18-28(47-32(43)19-37)23(4)34-36(5,49-34)30(48-35(44)40-26-12-9-11-25(39)22(26)3)17-31(42)41(6)27-16-24(14-20)15-21(2)33(27)38/h8-13,15-16,23,28-30,34,45H,14,17-19,39H2,1-7H3,(H,40,44)/b13-8+,20-10+/t23-,28+,29-,30+,34+,36+,37-/m1/s1. The van der Waals surface area contributed by atoms with Gasteiger partial charge in [0.2, 0.25) is 5.91 Å². The summed E-state index contributed by atoms with van der Waals surface area (Å²) in [4.78, 5) is 41.7. The van der Waals surface area contributed by atoms with Crippen LogP contribution in [0.5, 0.6) is 0 Å². The molecule has 3 aliphatic rings. The molecule has 2 aromatic rings. The number of amides is 2. The van der Waals surface area contributed by atoms with Gasteiger partial charge in [0.15, 0.2) is 0 Å². The minimum atomic E-state index is -1.54. The fourth-order valence-corrected chi connectivity index (χ4v) is 7.19. The molecule has 2 saturated heterocycles. The van der Waals surface area contributed by atoms with E-state index in [2.05, 4.69) is 5.32 Å². The van der Waals surface area contributed by atoms with Crippen LogP contribution in [0.3, 0.4) is 0 Å². The first-order chi connectivity index (χ1) is 23.1. The third kappa shape index (κ3) is 7.65. The highest BCUT2D eigenvalue weighted by atomic mass is 35.5. The summed E-state index contributed by atoms with van der Waals surface area (Å²) in [5.41, 5.74) is 8.28. The van der Waals surface area contributed by atoms with Gasteiger partial charge in [-0.1, -0.05) is 54.5 Å². The van der Waals surface area contributed by atoms with Crippen LogP contribution in [-0.2, 0) is 35.0 Å². The molecule has 2 amide bonds. The van der Waals surface area contributed by atoms with E-state index in [1.807, 2.05) is 45.1 Å². The van der Waals surface area contributed by atoms with Crippen molar-refractivity contribution in [1.82, 2.24) is 0 Å². The number of aryl methyl sites for hydroxylation is 1. The van der Waals surface area contributed by atoms with E-state index >= 15 is 0 Å². The maximum atomic E-state index is 14.0. The Morgan fingerprint density at radius 2 is 1.94 bits per heavy atom. The minimum absolute atomic E-state index is 0.0907. The van der Waals surface area contributed by atoms with Crippen LogP contribution in [0.2, 0.25) is 5.02 Å². The van der Waals surface area contributed by atoms with E-state index in [1.165, 1.54) is 12.0 Å². The number of aliphatic hydroxyl groups is 1. The highest BCUT2D eigenvalue weighted by Gasteiger charge is 2.64. The molecule has 0 saturated carbocycles. The highest BCUT2D eigenvalue weighted by molar-refractivity contribution is 6.34. The van der Waals surface area contributed by atoms with Crippen LogP contribution >= 0.6 is 11.6 Å². The lowest BCUT2D eigenvalue weighted by Gasteiger charge is -2.41. The van der Waals surface area contributed by atoms with E-state index < -0.39 is 53.6 Å². The number of carbonyl (C=O) groups excluding carboxylic acids is 3. The number of carbonyl (C=O) groups is 3. The number of hydrogen-bond donors (Lipinski definition) is 3. The molecule has 11 nitrogen and oxygen atoms in total. The Morgan fingerprint density at radius 1 is 1.20 bits per heavy atom. The second-order valence-corrected chi connectivity index (χ2v) is 14.1. The highest BCUT2D eigenvalue weighted by Crippen LogP contribution is 2.49. The molecule has 49 heavy (non-hydrogen) atoms. The third-order valence-electron chi connectivity index (χ3n) is 10.1. The number of anilines is 3. The van der Waals surface area contributed by atoms with E-state index in [9.17, 15) is 19.5 Å². The van der Waals surface area contributed by atoms with E-state index in [1.54, 1.807) is 45.2 Å². The number of nitrogens with zero attached hydrogens (tertiary/aromatic N) is 1. The van der Waals surface area contributed by atoms with Gasteiger partial charge in [0.1, 0.15) is 29.5 Å². The molecular weight excluding hydrogens is 650 g/mol. The summed E-state index contributed by atoms with van der Waals surface area (Å²) in [6, 6.07) is 8.99. The topological polar surface area (TPSA) is 153 Å². The summed E-state index contributed by atoms with van der Waals surface area (Å²) in [5, 5.41) is 15.0. The van der Waals surface area contributed by atoms with Gasteiger partial charge in [0, 0.05) is 37.9 Å². The SMILES string of the molecule is CO[C@@H]1/C=C/C=C(\C)Cc2cc(C)c(Cl)c(c2)N(C)C(=O)C[C@H](OC(=O)Nc2cccc(N)c2C)[C@]2(C)O[C@H]2[C@H](C)[C@@H]2C[C@@]1(O)CC(=O)O2. The first kappa shape index (κ1) is 36.4. The predicted molar refractivity (Wildman–Crippen MR) is 188 cm³/mol. The number of nitrogen functional groups attached to an aromatic ring is 1. The molecule has 3 aliphatic heterocycles. The Labute approximate surface area is 292 Å². The zero-order valence-electron chi connectivity index (χ0n) is 29.0. The number of halogens is 1. The second-order valence-electron chi connectivity index (χ2n) is 13.8. The van der Waals surface area contributed by atoms with E-state index in [0.29, 0.717) is 34.1 Å². The van der Waals surface area contributed by atoms with Gasteiger partial charge in [-0.05, 0) is 69.0 Å². The van der Waals surface area contributed by atoms with Gasteiger partial charge in [-0.3, -0.25) is 14.9 Å². The molecule has 0 radical (unpaired) electrons. The van der Waals surface area contributed by atoms with Gasteiger partial charge in [0.25, 0.3) is 0 Å². The summed E-state index contributed by atoms with van der Waals surface area (Å²) in [7, 11) is 3.12. The molecule has 0 unspecified atom stereocenters. The average Bonchev–Trinajstić information content (AvgIpc) is 3.73. The maximum Gasteiger partial charge on any atom is 0.412 e. The van der Waals surface area contributed by atoms with Crippen LogP contribution in [0, 0.1) is 19.8 Å². The van der Waals surface area contributed by atoms with E-state index in [0.717, 1.165) is 16.7 Å². The number of hydrogen-bond acceptors (Lipinski definition) is 9. The Morgan fingerprint density at radius 3 is 2.65 bits per heavy atom. The number of benzene rings is 2. The van der Waals surface area contributed by atoms with Crippen molar-refractivity contribution in [2.24, 2.45) is 5.92 Å². The van der Waals surface area contributed by atoms with Crippen molar-refractivity contribution in [3.8, 4) is 0 Å². The van der Waals surface area contributed by atoms with Crippen molar-refractivity contribution < 1.29 is 38.4 Å². The van der Waals surface area contributed by atoms with Crippen LogP contribution in [0.1, 0.15) is 56.7 Å². The number of nitrogens with two attached hydrogens (primary N) is 1. The normalized spacial score (nSPS) is 32.3. The number of allylic oxidation sites excluding steroid dienone is 3. The molecule has 2 fully saturated rings. The van der Waals surface area contributed by atoms with Gasteiger partial charge < -0.3 is 34.7 Å². The molecule has 3 heterocycles. The maximum absolute atomic E-state index is 14.0. The molecule has 0 aromatic heterocycles. The molecule has 0 aliphatic carbocycles. The number of nitrogens with one attached hydrogen (secondary N) is 1. The summed E-state index contributed by atoms with van der Waals surface area (Å²) in [5.74, 6) is -1.36. The fourth-order valence-electron chi connectivity index (χ4n) is 6.95. The summed E-state index contributed by atoms with van der Waals surface area (Å²) in [6.45, 7) is 9.24. The molecule has 12 heteroatoms. The van der Waals surface area contributed by atoms with Crippen LogP contribution < -0.4 is 16.0 Å². The lowest BCUT2D eigenvalue weighted by atomic mass is 9.78. The lowest BCUT2D eigenvalue weighted by Crippen LogP contribution is -2.53. The monoisotopic (exact) mass is 695 g/mol.